The van der Waals surface area contributed by atoms with Gasteiger partial charge in [0.2, 0.25) is 10.9 Å². The van der Waals surface area contributed by atoms with E-state index in [1.54, 1.807) is 18.5 Å². The first-order valence-electron chi connectivity index (χ1n) is 7.44. The van der Waals surface area contributed by atoms with Gasteiger partial charge < -0.3 is 9.64 Å². The van der Waals surface area contributed by atoms with Crippen molar-refractivity contribution in [1.82, 2.24) is 19.5 Å². The lowest BCUT2D eigenvalue weighted by Gasteiger charge is -2.17. The van der Waals surface area contributed by atoms with Crippen LogP contribution >= 0.6 is 11.3 Å². The predicted octanol–water partition coefficient (Wildman–Crippen LogP) is 2.55. The van der Waals surface area contributed by atoms with Crippen LogP contribution in [0.25, 0.3) is 4.96 Å². The molecule has 0 N–H and O–H groups in total. The third-order valence-electron chi connectivity index (χ3n) is 3.96. The summed E-state index contributed by atoms with van der Waals surface area (Å²) in [7, 11) is 1.57. The number of methoxy groups -OCH3 is 1. The van der Waals surface area contributed by atoms with Crippen molar-refractivity contribution in [1.29, 1.82) is 0 Å². The summed E-state index contributed by atoms with van der Waals surface area (Å²) >= 11 is 1.39. The van der Waals surface area contributed by atoms with Crippen LogP contribution < -0.4 is 0 Å². The fraction of sp³-hybridized carbons (Fsp3) is 0.643. The van der Waals surface area contributed by atoms with E-state index in [4.69, 9.17) is 4.74 Å². The molecule has 0 spiro atoms. The third-order valence-corrected chi connectivity index (χ3v) is 4.84. The Kier molecular flexibility index (Phi) is 4.52. The van der Waals surface area contributed by atoms with E-state index in [2.05, 4.69) is 10.1 Å². The molecule has 0 aliphatic carbocycles. The van der Waals surface area contributed by atoms with E-state index in [0.717, 1.165) is 16.4 Å². The molecular weight excluding hydrogens is 345 g/mol. The standard InChI is InChI=1S/C14H17F3N4O2S/c1-8-10(21-13(18-8)24-11(19-21)7-23-2)6-20-5-9(3-12(20)22)4-14(15,16)17/h9H,3-7H2,1-2H3/t9-/m1/s1. The molecule has 132 valence electrons. The molecule has 1 fully saturated rings. The Morgan fingerprint density at radius 2 is 2.17 bits per heavy atom. The highest BCUT2D eigenvalue weighted by molar-refractivity contribution is 7.16. The van der Waals surface area contributed by atoms with Crippen LogP contribution in [0, 0.1) is 12.8 Å². The van der Waals surface area contributed by atoms with Crippen molar-refractivity contribution >= 4 is 22.2 Å². The normalized spacial score (nSPS) is 19.0. The van der Waals surface area contributed by atoms with E-state index in [9.17, 15) is 18.0 Å². The number of carbonyl (C=O) groups excluding carboxylic acids is 1. The Hall–Kier alpha value is -1.68. The summed E-state index contributed by atoms with van der Waals surface area (Å²) in [6.07, 6.45) is -5.23. The van der Waals surface area contributed by atoms with Crippen molar-refractivity contribution in [3.05, 3.63) is 16.4 Å². The van der Waals surface area contributed by atoms with Gasteiger partial charge in [0.25, 0.3) is 0 Å². The molecule has 2 aromatic rings. The average molecular weight is 362 g/mol. The topological polar surface area (TPSA) is 59.7 Å². The minimum atomic E-state index is -4.25. The van der Waals surface area contributed by atoms with Gasteiger partial charge in [0.05, 0.1) is 24.5 Å². The number of carbonyl (C=O) groups is 1. The summed E-state index contributed by atoms with van der Waals surface area (Å²) < 4.78 is 44.3. The van der Waals surface area contributed by atoms with E-state index < -0.39 is 18.5 Å². The molecule has 1 aliphatic rings. The molecule has 1 amide bonds. The lowest BCUT2D eigenvalue weighted by molar-refractivity contribution is -0.143. The number of aryl methyl sites for hydroxylation is 1. The first-order valence-corrected chi connectivity index (χ1v) is 8.26. The Labute approximate surface area is 140 Å². The quantitative estimate of drug-likeness (QED) is 0.820. The number of rotatable bonds is 5. The lowest BCUT2D eigenvalue weighted by atomic mass is 10.1. The highest BCUT2D eigenvalue weighted by atomic mass is 32.1. The number of halogens is 3. The summed E-state index contributed by atoms with van der Waals surface area (Å²) in [6.45, 7) is 2.50. The van der Waals surface area contributed by atoms with Gasteiger partial charge >= 0.3 is 6.18 Å². The van der Waals surface area contributed by atoms with E-state index in [-0.39, 0.29) is 25.4 Å². The van der Waals surface area contributed by atoms with Crippen molar-refractivity contribution in [3.63, 3.8) is 0 Å². The Balaban J connectivity index is 1.77. The molecule has 0 saturated carbocycles. The first kappa shape index (κ1) is 17.2. The van der Waals surface area contributed by atoms with Crippen molar-refractivity contribution in [2.24, 2.45) is 5.92 Å². The average Bonchev–Trinajstić information content (AvgIpc) is 3.05. The number of alkyl halides is 3. The number of nitrogens with zero attached hydrogens (tertiary/aromatic N) is 4. The molecule has 3 rings (SSSR count). The van der Waals surface area contributed by atoms with Gasteiger partial charge in [-0.25, -0.2) is 9.50 Å². The fourth-order valence-electron chi connectivity index (χ4n) is 2.95. The number of amides is 1. The first-order chi connectivity index (χ1) is 11.3. The Morgan fingerprint density at radius 3 is 2.83 bits per heavy atom. The highest BCUT2D eigenvalue weighted by Gasteiger charge is 2.38. The number of imidazole rings is 1. The minimum Gasteiger partial charge on any atom is -0.377 e. The van der Waals surface area contributed by atoms with Gasteiger partial charge in [-0.05, 0) is 12.8 Å². The van der Waals surface area contributed by atoms with E-state index in [0.29, 0.717) is 11.6 Å². The molecule has 3 heterocycles. The molecule has 0 aromatic carbocycles. The molecule has 0 radical (unpaired) electrons. The van der Waals surface area contributed by atoms with E-state index in [1.165, 1.54) is 16.2 Å². The third kappa shape index (κ3) is 3.54. The van der Waals surface area contributed by atoms with Crippen LogP contribution in [0.1, 0.15) is 29.2 Å². The van der Waals surface area contributed by atoms with Crippen LogP contribution in [0.3, 0.4) is 0 Å². The second-order valence-electron chi connectivity index (χ2n) is 5.93. The van der Waals surface area contributed by atoms with Crippen molar-refractivity contribution in [2.75, 3.05) is 13.7 Å². The number of hydrogen-bond acceptors (Lipinski definition) is 5. The fourth-order valence-corrected chi connectivity index (χ4v) is 3.88. The summed E-state index contributed by atoms with van der Waals surface area (Å²) in [6, 6.07) is 0. The summed E-state index contributed by atoms with van der Waals surface area (Å²) in [4.78, 5) is 18.6. The molecule has 0 unspecified atom stereocenters. The number of ether oxygens (including phenoxy) is 1. The summed E-state index contributed by atoms with van der Waals surface area (Å²) in [5.74, 6) is -0.938. The van der Waals surface area contributed by atoms with Crippen LogP contribution in [-0.4, -0.2) is 45.2 Å². The highest BCUT2D eigenvalue weighted by Crippen LogP contribution is 2.32. The lowest BCUT2D eigenvalue weighted by Crippen LogP contribution is -2.26. The van der Waals surface area contributed by atoms with Gasteiger partial charge in [-0.3, -0.25) is 4.79 Å². The van der Waals surface area contributed by atoms with Crippen molar-refractivity contribution in [3.8, 4) is 0 Å². The summed E-state index contributed by atoms with van der Waals surface area (Å²) in [5.41, 5.74) is 1.45. The van der Waals surface area contributed by atoms with Crippen LogP contribution in [0.5, 0.6) is 0 Å². The second-order valence-corrected chi connectivity index (χ2v) is 6.97. The molecule has 2 aromatic heterocycles. The maximum absolute atomic E-state index is 12.5. The maximum atomic E-state index is 12.5. The predicted molar refractivity (Wildman–Crippen MR) is 80.5 cm³/mol. The molecule has 0 bridgehead atoms. The largest absolute Gasteiger partial charge is 0.389 e. The second kappa shape index (κ2) is 6.32. The molecule has 10 heteroatoms. The van der Waals surface area contributed by atoms with Crippen LogP contribution in [-0.2, 0) is 22.7 Å². The number of fused-ring (bicyclic) bond motifs is 1. The summed E-state index contributed by atoms with van der Waals surface area (Å²) in [5, 5.41) is 5.15. The zero-order valence-corrected chi connectivity index (χ0v) is 14.1. The van der Waals surface area contributed by atoms with Crippen molar-refractivity contribution < 1.29 is 22.7 Å². The van der Waals surface area contributed by atoms with Gasteiger partial charge in [0.1, 0.15) is 5.01 Å². The van der Waals surface area contributed by atoms with Gasteiger partial charge in [-0.15, -0.1) is 0 Å². The number of aromatic nitrogens is 3. The molecule has 6 nitrogen and oxygen atoms in total. The van der Waals surface area contributed by atoms with Crippen LogP contribution in [0.15, 0.2) is 0 Å². The van der Waals surface area contributed by atoms with E-state index >= 15 is 0 Å². The number of likely N-dealkylation sites (tertiary alicyclic amines) is 1. The molecule has 24 heavy (non-hydrogen) atoms. The molecule has 1 saturated heterocycles. The van der Waals surface area contributed by atoms with E-state index in [1.807, 2.05) is 0 Å². The Bertz CT molecular complexity index is 755. The Morgan fingerprint density at radius 1 is 1.42 bits per heavy atom. The van der Waals surface area contributed by atoms with Crippen LogP contribution in [0.2, 0.25) is 0 Å². The van der Waals surface area contributed by atoms with Gasteiger partial charge in [0.15, 0.2) is 0 Å². The zero-order valence-electron chi connectivity index (χ0n) is 13.3. The molecular formula is C14H17F3N4O2S. The van der Waals surface area contributed by atoms with Gasteiger partial charge in [0, 0.05) is 26.5 Å². The number of hydrogen-bond donors (Lipinski definition) is 0. The van der Waals surface area contributed by atoms with Crippen molar-refractivity contribution in [2.45, 2.75) is 39.1 Å². The minimum absolute atomic E-state index is 0.0630. The zero-order chi connectivity index (χ0) is 17.5. The molecule has 1 atom stereocenters. The SMILES string of the molecule is COCc1nn2c(CN3C[C@@H](CC(F)(F)F)CC3=O)c(C)nc2s1. The monoisotopic (exact) mass is 362 g/mol. The maximum Gasteiger partial charge on any atom is 0.389 e. The van der Waals surface area contributed by atoms with Crippen LogP contribution in [0.4, 0.5) is 13.2 Å². The molecule has 1 aliphatic heterocycles. The van der Waals surface area contributed by atoms with Gasteiger partial charge in [-0.1, -0.05) is 11.3 Å². The smallest absolute Gasteiger partial charge is 0.377 e. The van der Waals surface area contributed by atoms with Gasteiger partial charge in [-0.2, -0.15) is 18.3 Å².